The second-order valence-corrected chi connectivity index (χ2v) is 7.78. The maximum atomic E-state index is 12.2. The van der Waals surface area contributed by atoms with E-state index in [1.807, 2.05) is 49.3 Å². The number of rotatable bonds is 7. The number of hydrogen-bond acceptors (Lipinski definition) is 5. The molecule has 2 fully saturated rings. The molecule has 3 rings (SSSR count). The quantitative estimate of drug-likeness (QED) is 0.746. The smallest absolute Gasteiger partial charge is 0.410 e. The summed E-state index contributed by atoms with van der Waals surface area (Å²) in [6.07, 6.45) is 1.64. The van der Waals surface area contributed by atoms with Crippen molar-refractivity contribution in [3.63, 3.8) is 0 Å². The molecule has 0 saturated carbocycles. The van der Waals surface area contributed by atoms with Crippen molar-refractivity contribution in [2.24, 2.45) is 0 Å². The van der Waals surface area contributed by atoms with Crippen LogP contribution < -0.4 is 4.74 Å². The first-order valence-corrected chi connectivity index (χ1v) is 9.52. The average Bonchev–Trinajstić information content (AvgIpc) is 2.94. The molecule has 1 aromatic carbocycles. The molecular weight excluding hydrogens is 330 g/mol. The second-order valence-electron chi connectivity index (χ2n) is 7.78. The Bertz CT molecular complexity index is 585. The van der Waals surface area contributed by atoms with Crippen molar-refractivity contribution >= 4 is 6.09 Å². The highest BCUT2D eigenvalue weighted by molar-refractivity contribution is 5.70. The Morgan fingerprint density at radius 3 is 2.58 bits per heavy atom. The summed E-state index contributed by atoms with van der Waals surface area (Å²) in [5.74, 6) is 0.911. The SMILES string of the molecule is C[C@H](COc1ccccc1)N1CCC2(CC1)CN(CCN(C)C)C(=O)O2. The maximum absolute atomic E-state index is 12.2. The lowest BCUT2D eigenvalue weighted by atomic mass is 9.90. The summed E-state index contributed by atoms with van der Waals surface area (Å²) in [5.41, 5.74) is -0.292. The van der Waals surface area contributed by atoms with E-state index in [0.29, 0.717) is 12.6 Å². The molecule has 0 unspecified atom stereocenters. The van der Waals surface area contributed by atoms with Crippen LogP contribution in [0, 0.1) is 0 Å². The van der Waals surface area contributed by atoms with Crippen LogP contribution in [0.5, 0.6) is 5.75 Å². The molecule has 2 aliphatic rings. The highest BCUT2D eigenvalue weighted by atomic mass is 16.6. The minimum absolute atomic E-state index is 0.152. The summed E-state index contributed by atoms with van der Waals surface area (Å²) in [6.45, 7) is 7.07. The van der Waals surface area contributed by atoms with Gasteiger partial charge >= 0.3 is 6.09 Å². The second kappa shape index (κ2) is 8.27. The highest BCUT2D eigenvalue weighted by Gasteiger charge is 2.47. The van der Waals surface area contributed by atoms with Gasteiger partial charge in [0, 0.05) is 45.1 Å². The third kappa shape index (κ3) is 4.68. The first-order valence-electron chi connectivity index (χ1n) is 9.52. The molecular formula is C20H31N3O3. The fraction of sp³-hybridized carbons (Fsp3) is 0.650. The fourth-order valence-electron chi connectivity index (χ4n) is 3.66. The minimum Gasteiger partial charge on any atom is -0.492 e. The minimum atomic E-state index is -0.292. The Balaban J connectivity index is 1.45. The summed E-state index contributed by atoms with van der Waals surface area (Å²) in [6, 6.07) is 10.3. The van der Waals surface area contributed by atoms with Gasteiger partial charge in [-0.3, -0.25) is 4.90 Å². The lowest BCUT2D eigenvalue weighted by molar-refractivity contribution is -0.0131. The summed E-state index contributed by atoms with van der Waals surface area (Å²) < 4.78 is 11.7. The lowest BCUT2D eigenvalue weighted by Crippen LogP contribution is -2.50. The number of piperidine rings is 1. The molecule has 6 heteroatoms. The fourth-order valence-corrected chi connectivity index (χ4v) is 3.66. The number of para-hydroxylation sites is 1. The number of likely N-dealkylation sites (N-methyl/N-ethyl adjacent to an activating group) is 1. The average molecular weight is 361 g/mol. The molecule has 1 spiro atoms. The number of likely N-dealkylation sites (tertiary alicyclic amines) is 1. The van der Waals surface area contributed by atoms with E-state index in [0.717, 1.165) is 51.3 Å². The van der Waals surface area contributed by atoms with Gasteiger partial charge in [0.2, 0.25) is 0 Å². The van der Waals surface area contributed by atoms with Gasteiger partial charge in [0.05, 0.1) is 6.54 Å². The van der Waals surface area contributed by atoms with Crippen molar-refractivity contribution in [2.45, 2.75) is 31.4 Å². The number of benzene rings is 1. The predicted molar refractivity (Wildman–Crippen MR) is 102 cm³/mol. The van der Waals surface area contributed by atoms with E-state index in [2.05, 4.69) is 16.7 Å². The van der Waals surface area contributed by atoms with Crippen LogP contribution in [0.2, 0.25) is 0 Å². The lowest BCUT2D eigenvalue weighted by Gasteiger charge is -2.40. The monoisotopic (exact) mass is 361 g/mol. The van der Waals surface area contributed by atoms with Crippen LogP contribution in [0.3, 0.4) is 0 Å². The Morgan fingerprint density at radius 1 is 1.23 bits per heavy atom. The Morgan fingerprint density at radius 2 is 1.92 bits per heavy atom. The molecule has 26 heavy (non-hydrogen) atoms. The summed E-state index contributed by atoms with van der Waals surface area (Å²) in [5, 5.41) is 0. The van der Waals surface area contributed by atoms with Crippen molar-refractivity contribution in [2.75, 3.05) is 53.4 Å². The zero-order valence-corrected chi connectivity index (χ0v) is 16.2. The van der Waals surface area contributed by atoms with Gasteiger partial charge in [-0.1, -0.05) is 18.2 Å². The first kappa shape index (κ1) is 19.0. The van der Waals surface area contributed by atoms with E-state index in [-0.39, 0.29) is 11.7 Å². The predicted octanol–water partition coefficient (Wildman–Crippen LogP) is 2.30. The van der Waals surface area contributed by atoms with Gasteiger partial charge in [-0.05, 0) is 33.2 Å². The molecule has 0 aliphatic carbocycles. The standard InChI is InChI=1S/C20H31N3O3/c1-17(15-25-18-7-5-4-6-8-18)22-11-9-20(10-12-22)16-23(19(24)26-20)14-13-21(2)3/h4-8,17H,9-16H2,1-3H3/t17-/m1/s1. The number of nitrogens with zero attached hydrogens (tertiary/aromatic N) is 3. The summed E-state index contributed by atoms with van der Waals surface area (Å²) in [4.78, 5) is 18.6. The van der Waals surface area contributed by atoms with E-state index in [1.165, 1.54) is 0 Å². The molecule has 0 aromatic heterocycles. The van der Waals surface area contributed by atoms with Crippen molar-refractivity contribution < 1.29 is 14.3 Å². The molecule has 0 N–H and O–H groups in total. The molecule has 1 aromatic rings. The van der Waals surface area contributed by atoms with Crippen LogP contribution in [0.25, 0.3) is 0 Å². The molecule has 0 radical (unpaired) electrons. The van der Waals surface area contributed by atoms with Crippen LogP contribution in [0.1, 0.15) is 19.8 Å². The van der Waals surface area contributed by atoms with Crippen molar-refractivity contribution in [3.05, 3.63) is 30.3 Å². The maximum Gasteiger partial charge on any atom is 0.410 e. The highest BCUT2D eigenvalue weighted by Crippen LogP contribution is 2.33. The van der Waals surface area contributed by atoms with Crippen LogP contribution >= 0.6 is 0 Å². The third-order valence-electron chi connectivity index (χ3n) is 5.43. The van der Waals surface area contributed by atoms with Crippen LogP contribution in [0.4, 0.5) is 4.79 Å². The number of hydrogen-bond donors (Lipinski definition) is 0. The van der Waals surface area contributed by atoms with E-state index < -0.39 is 0 Å². The van der Waals surface area contributed by atoms with Crippen molar-refractivity contribution in [1.82, 2.24) is 14.7 Å². The Hall–Kier alpha value is -1.79. The molecule has 1 amide bonds. The summed E-state index contributed by atoms with van der Waals surface area (Å²) >= 11 is 0. The number of carbonyl (C=O) groups excluding carboxylic acids is 1. The van der Waals surface area contributed by atoms with E-state index >= 15 is 0 Å². The van der Waals surface area contributed by atoms with Crippen LogP contribution in [0.15, 0.2) is 30.3 Å². The van der Waals surface area contributed by atoms with E-state index in [1.54, 1.807) is 0 Å². The van der Waals surface area contributed by atoms with E-state index in [4.69, 9.17) is 9.47 Å². The van der Waals surface area contributed by atoms with Crippen molar-refractivity contribution in [3.8, 4) is 5.75 Å². The molecule has 1 atom stereocenters. The number of ether oxygens (including phenoxy) is 2. The zero-order chi connectivity index (χ0) is 18.6. The van der Waals surface area contributed by atoms with Gasteiger partial charge in [-0.15, -0.1) is 0 Å². The molecule has 144 valence electrons. The van der Waals surface area contributed by atoms with Crippen LogP contribution in [-0.4, -0.2) is 85.9 Å². The van der Waals surface area contributed by atoms with Gasteiger partial charge in [-0.25, -0.2) is 4.79 Å². The largest absolute Gasteiger partial charge is 0.492 e. The molecule has 6 nitrogen and oxygen atoms in total. The van der Waals surface area contributed by atoms with Crippen LogP contribution in [-0.2, 0) is 4.74 Å². The molecule has 0 bridgehead atoms. The summed E-state index contributed by atoms with van der Waals surface area (Å²) in [7, 11) is 4.04. The third-order valence-corrected chi connectivity index (χ3v) is 5.43. The zero-order valence-electron chi connectivity index (χ0n) is 16.2. The Labute approximate surface area is 156 Å². The van der Waals surface area contributed by atoms with Gasteiger partial charge in [-0.2, -0.15) is 0 Å². The van der Waals surface area contributed by atoms with E-state index in [9.17, 15) is 4.79 Å². The molecule has 2 heterocycles. The van der Waals surface area contributed by atoms with Gasteiger partial charge < -0.3 is 19.3 Å². The van der Waals surface area contributed by atoms with Crippen molar-refractivity contribution in [1.29, 1.82) is 0 Å². The Kier molecular flexibility index (Phi) is 6.04. The topological polar surface area (TPSA) is 45.2 Å². The van der Waals surface area contributed by atoms with Gasteiger partial charge in [0.25, 0.3) is 0 Å². The molecule has 2 saturated heterocycles. The number of carbonyl (C=O) groups is 1. The van der Waals surface area contributed by atoms with Gasteiger partial charge in [0.15, 0.2) is 0 Å². The normalized spacial score (nSPS) is 21.2. The van der Waals surface area contributed by atoms with Gasteiger partial charge in [0.1, 0.15) is 18.0 Å². The first-order chi connectivity index (χ1) is 12.5. The number of amides is 1. The molecule has 2 aliphatic heterocycles.